The Balaban J connectivity index is 2.34. The number of rotatable bonds is 4. The highest BCUT2D eigenvalue weighted by Gasteiger charge is 2.18. The lowest BCUT2D eigenvalue weighted by Crippen LogP contribution is -2.11. The predicted molar refractivity (Wildman–Crippen MR) is 70.4 cm³/mol. The van der Waals surface area contributed by atoms with Crippen LogP contribution in [0.5, 0.6) is 0 Å². The van der Waals surface area contributed by atoms with Crippen molar-refractivity contribution in [2.45, 2.75) is 32.7 Å². The Hall–Kier alpha value is -0.920. The first-order chi connectivity index (χ1) is 8.13. The Morgan fingerprint density at radius 1 is 1.12 bits per heavy atom. The first-order valence-corrected chi connectivity index (χ1v) is 7.05. The van der Waals surface area contributed by atoms with Gasteiger partial charge in [-0.2, -0.15) is 0 Å². The molecule has 5 nitrogen and oxygen atoms in total. The summed E-state index contributed by atoms with van der Waals surface area (Å²) >= 11 is 2.99. The maximum atomic E-state index is 4.23. The van der Waals surface area contributed by atoms with Gasteiger partial charge in [0.1, 0.15) is 9.88 Å². The van der Waals surface area contributed by atoms with Crippen LogP contribution in [0.15, 0.2) is 0 Å². The molecule has 0 bridgehead atoms. The van der Waals surface area contributed by atoms with Crippen LogP contribution in [0.2, 0.25) is 0 Å². The summed E-state index contributed by atoms with van der Waals surface area (Å²) < 4.78 is 4.01. The predicted octanol–water partition coefficient (Wildman–Crippen LogP) is 2.46. The van der Waals surface area contributed by atoms with Gasteiger partial charge in [-0.1, -0.05) is 29.7 Å². The van der Waals surface area contributed by atoms with E-state index in [1.54, 1.807) is 11.3 Å². The van der Waals surface area contributed by atoms with Crippen LogP contribution in [0, 0.1) is 0 Å². The molecule has 7 heteroatoms. The lowest BCUT2D eigenvalue weighted by molar-refractivity contribution is 0.640. The third-order valence-electron chi connectivity index (χ3n) is 2.50. The quantitative estimate of drug-likeness (QED) is 0.923. The summed E-state index contributed by atoms with van der Waals surface area (Å²) in [5, 5.41) is 17.7. The van der Waals surface area contributed by atoms with Crippen molar-refractivity contribution in [3.05, 3.63) is 10.7 Å². The van der Waals surface area contributed by atoms with E-state index in [1.807, 2.05) is 7.05 Å². The molecule has 92 valence electrons. The van der Waals surface area contributed by atoms with Gasteiger partial charge in [-0.3, -0.25) is 0 Å². The van der Waals surface area contributed by atoms with Crippen LogP contribution in [0.4, 0.5) is 0 Å². The van der Waals surface area contributed by atoms with Crippen LogP contribution in [-0.2, 0) is 0 Å². The first kappa shape index (κ1) is 12.5. The molecule has 1 atom stereocenters. The monoisotopic (exact) mass is 269 g/mol. The molecule has 0 saturated carbocycles. The Morgan fingerprint density at radius 2 is 1.88 bits per heavy atom. The van der Waals surface area contributed by atoms with Gasteiger partial charge in [-0.15, -0.1) is 15.3 Å². The fraction of sp³-hybridized carbons (Fsp3) is 0.600. The van der Waals surface area contributed by atoms with Crippen molar-refractivity contribution in [1.29, 1.82) is 0 Å². The van der Waals surface area contributed by atoms with Crippen molar-refractivity contribution in [1.82, 2.24) is 25.1 Å². The average molecular weight is 269 g/mol. The first-order valence-electron chi connectivity index (χ1n) is 5.46. The molecule has 0 aliphatic carbocycles. The van der Waals surface area contributed by atoms with E-state index in [2.05, 4.69) is 45.9 Å². The lowest BCUT2D eigenvalue weighted by Gasteiger charge is -2.03. The van der Waals surface area contributed by atoms with Gasteiger partial charge in [0.15, 0.2) is 5.01 Å². The molecule has 0 aliphatic rings. The van der Waals surface area contributed by atoms with Gasteiger partial charge in [0.05, 0.1) is 11.7 Å². The van der Waals surface area contributed by atoms with Crippen LogP contribution < -0.4 is 5.32 Å². The second kappa shape index (κ2) is 5.16. The third-order valence-corrected chi connectivity index (χ3v) is 4.50. The molecule has 0 saturated heterocycles. The van der Waals surface area contributed by atoms with Gasteiger partial charge in [0.2, 0.25) is 0 Å². The van der Waals surface area contributed by atoms with E-state index in [0.29, 0.717) is 5.92 Å². The zero-order chi connectivity index (χ0) is 12.4. The van der Waals surface area contributed by atoms with Gasteiger partial charge < -0.3 is 5.32 Å². The maximum Gasteiger partial charge on any atom is 0.161 e. The van der Waals surface area contributed by atoms with Gasteiger partial charge in [-0.05, 0) is 31.4 Å². The summed E-state index contributed by atoms with van der Waals surface area (Å²) in [6.07, 6.45) is 0. The highest BCUT2D eigenvalue weighted by atomic mass is 32.1. The van der Waals surface area contributed by atoms with Crippen LogP contribution >= 0.6 is 22.9 Å². The van der Waals surface area contributed by atoms with Gasteiger partial charge in [0, 0.05) is 0 Å². The Bertz CT molecular complexity index is 490. The van der Waals surface area contributed by atoms with E-state index in [9.17, 15) is 0 Å². The highest BCUT2D eigenvalue weighted by Crippen LogP contribution is 2.33. The van der Waals surface area contributed by atoms with Crippen LogP contribution in [0.1, 0.15) is 43.4 Å². The second-order valence-electron chi connectivity index (χ2n) is 4.10. The molecule has 0 aromatic carbocycles. The Morgan fingerprint density at radius 3 is 2.53 bits per heavy atom. The van der Waals surface area contributed by atoms with Crippen LogP contribution in [0.25, 0.3) is 9.88 Å². The van der Waals surface area contributed by atoms with E-state index in [1.165, 1.54) is 11.5 Å². The minimum atomic E-state index is 0.227. The molecule has 17 heavy (non-hydrogen) atoms. The van der Waals surface area contributed by atoms with E-state index >= 15 is 0 Å². The van der Waals surface area contributed by atoms with E-state index < -0.39 is 0 Å². The van der Waals surface area contributed by atoms with Crippen molar-refractivity contribution < 1.29 is 0 Å². The number of hydrogen-bond donors (Lipinski definition) is 1. The summed E-state index contributed by atoms with van der Waals surface area (Å²) in [6.45, 7) is 6.29. The number of hydrogen-bond acceptors (Lipinski definition) is 7. The minimum absolute atomic E-state index is 0.227. The van der Waals surface area contributed by atoms with E-state index in [4.69, 9.17) is 0 Å². The standard InChI is InChI=1S/C10H15N5S2/c1-5(2)7-8(17-15-12-7)10-14-13-9(16-10)6(3)11-4/h5-6,11H,1-4H3. The van der Waals surface area contributed by atoms with Crippen molar-refractivity contribution in [3.63, 3.8) is 0 Å². The van der Waals surface area contributed by atoms with E-state index in [0.717, 1.165) is 20.6 Å². The number of nitrogens with one attached hydrogen (secondary N) is 1. The fourth-order valence-electron chi connectivity index (χ4n) is 1.35. The molecular weight excluding hydrogens is 254 g/mol. The van der Waals surface area contributed by atoms with Gasteiger partial charge in [0.25, 0.3) is 0 Å². The van der Waals surface area contributed by atoms with Crippen molar-refractivity contribution in [2.75, 3.05) is 7.05 Å². The average Bonchev–Trinajstić information content (AvgIpc) is 2.95. The normalized spacial score (nSPS) is 13.2. The molecule has 0 amide bonds. The topological polar surface area (TPSA) is 63.6 Å². The highest BCUT2D eigenvalue weighted by molar-refractivity contribution is 7.19. The number of nitrogens with zero attached hydrogens (tertiary/aromatic N) is 4. The Kier molecular flexibility index (Phi) is 3.80. The minimum Gasteiger partial charge on any atom is -0.311 e. The molecule has 2 heterocycles. The van der Waals surface area contributed by atoms with Crippen molar-refractivity contribution in [2.24, 2.45) is 0 Å². The van der Waals surface area contributed by atoms with Gasteiger partial charge in [-0.25, -0.2) is 0 Å². The zero-order valence-corrected chi connectivity index (χ0v) is 11.9. The molecular formula is C10H15N5S2. The summed E-state index contributed by atoms with van der Waals surface area (Å²) in [5.74, 6) is 0.359. The van der Waals surface area contributed by atoms with Gasteiger partial charge >= 0.3 is 0 Å². The summed E-state index contributed by atoms with van der Waals surface area (Å²) in [5.41, 5.74) is 1.01. The summed E-state index contributed by atoms with van der Waals surface area (Å²) in [4.78, 5) is 1.05. The summed E-state index contributed by atoms with van der Waals surface area (Å²) in [7, 11) is 1.92. The molecule has 0 fully saturated rings. The van der Waals surface area contributed by atoms with Crippen molar-refractivity contribution in [3.8, 4) is 9.88 Å². The Labute approximate surface area is 108 Å². The molecule has 1 unspecified atom stereocenters. The molecule has 0 radical (unpaired) electrons. The maximum absolute atomic E-state index is 4.23. The van der Waals surface area contributed by atoms with Crippen LogP contribution in [-0.4, -0.2) is 26.8 Å². The molecule has 2 rings (SSSR count). The SMILES string of the molecule is CNC(C)c1nnc(-c2snnc2C(C)C)s1. The second-order valence-corrected chi connectivity index (χ2v) is 5.86. The molecule has 2 aromatic rings. The lowest BCUT2D eigenvalue weighted by atomic mass is 10.1. The molecule has 2 aromatic heterocycles. The molecule has 1 N–H and O–H groups in total. The fourth-order valence-corrected chi connectivity index (χ4v) is 3.14. The molecule has 0 aliphatic heterocycles. The zero-order valence-electron chi connectivity index (χ0n) is 10.3. The van der Waals surface area contributed by atoms with Crippen LogP contribution in [0.3, 0.4) is 0 Å². The number of aromatic nitrogens is 4. The largest absolute Gasteiger partial charge is 0.311 e. The third kappa shape index (κ3) is 2.51. The molecule has 0 spiro atoms. The van der Waals surface area contributed by atoms with Crippen molar-refractivity contribution >= 4 is 22.9 Å². The van der Waals surface area contributed by atoms with E-state index in [-0.39, 0.29) is 6.04 Å². The summed E-state index contributed by atoms with van der Waals surface area (Å²) in [6, 6.07) is 0.227. The smallest absolute Gasteiger partial charge is 0.161 e.